The molecule has 7 heteroatoms. The number of hydrogen-bond acceptors (Lipinski definition) is 3. The second-order valence-corrected chi connectivity index (χ2v) is 4.68. The summed E-state index contributed by atoms with van der Waals surface area (Å²) < 4.78 is 38.3. The maximum Gasteiger partial charge on any atom is 0.399 e. The molecule has 1 aromatic rings. The highest BCUT2D eigenvalue weighted by Gasteiger charge is 2.55. The fraction of sp³-hybridized carbons (Fsp3) is 0.500. The molecule has 1 aliphatic heterocycles. The monoisotopic (exact) mass is 274 g/mol. The van der Waals surface area contributed by atoms with Crippen molar-refractivity contribution in [3.05, 3.63) is 46.0 Å². The topological polar surface area (TPSA) is 46.4 Å². The quantitative estimate of drug-likeness (QED) is 0.627. The van der Waals surface area contributed by atoms with Gasteiger partial charge in [0.15, 0.2) is 0 Å². The first kappa shape index (κ1) is 13.8. The molecule has 2 atom stereocenters. The van der Waals surface area contributed by atoms with Gasteiger partial charge in [-0.2, -0.15) is 13.2 Å². The predicted molar refractivity (Wildman–Crippen MR) is 62.0 cm³/mol. The lowest BCUT2D eigenvalue weighted by molar-refractivity contribution is -0.534. The SMILES string of the molecule is O=[N+]([O-])[C@H]1CN(Cc2ccccc2)C[C@@H]1C(F)(F)F. The smallest absolute Gasteiger partial charge is 0.292 e. The van der Waals surface area contributed by atoms with Crippen molar-refractivity contribution in [2.75, 3.05) is 13.1 Å². The van der Waals surface area contributed by atoms with Crippen molar-refractivity contribution in [2.24, 2.45) is 5.92 Å². The van der Waals surface area contributed by atoms with Crippen molar-refractivity contribution in [1.82, 2.24) is 4.90 Å². The summed E-state index contributed by atoms with van der Waals surface area (Å²) in [6.07, 6.45) is -4.52. The summed E-state index contributed by atoms with van der Waals surface area (Å²) in [5.74, 6) is -1.88. The Bertz CT molecular complexity index is 450. The van der Waals surface area contributed by atoms with Gasteiger partial charge < -0.3 is 0 Å². The zero-order valence-corrected chi connectivity index (χ0v) is 10.0. The first-order valence-corrected chi connectivity index (χ1v) is 5.84. The highest BCUT2D eigenvalue weighted by Crippen LogP contribution is 2.35. The second kappa shape index (κ2) is 5.16. The molecule has 19 heavy (non-hydrogen) atoms. The molecule has 1 aromatic carbocycles. The third-order valence-electron chi connectivity index (χ3n) is 3.30. The van der Waals surface area contributed by atoms with Crippen molar-refractivity contribution >= 4 is 0 Å². The highest BCUT2D eigenvalue weighted by atomic mass is 19.4. The van der Waals surface area contributed by atoms with Gasteiger partial charge in [0.1, 0.15) is 5.92 Å². The standard InChI is InChI=1S/C12H13F3N2O2/c13-12(14,15)10-7-16(8-11(10)17(18)19)6-9-4-2-1-3-5-9/h1-5,10-11H,6-8H2/t10-,11-/m0/s1. The van der Waals surface area contributed by atoms with Crippen molar-refractivity contribution in [3.8, 4) is 0 Å². The summed E-state index contributed by atoms with van der Waals surface area (Å²) in [5, 5.41) is 10.7. The van der Waals surface area contributed by atoms with E-state index in [1.54, 1.807) is 24.3 Å². The molecule has 1 heterocycles. The summed E-state index contributed by atoms with van der Waals surface area (Å²) in [6, 6.07) is 7.41. The molecule has 1 saturated heterocycles. The molecule has 4 nitrogen and oxygen atoms in total. The number of halogens is 3. The molecule has 0 radical (unpaired) electrons. The van der Waals surface area contributed by atoms with E-state index in [0.29, 0.717) is 6.54 Å². The van der Waals surface area contributed by atoms with E-state index in [2.05, 4.69) is 0 Å². The van der Waals surface area contributed by atoms with Gasteiger partial charge in [-0.1, -0.05) is 30.3 Å². The van der Waals surface area contributed by atoms with E-state index in [4.69, 9.17) is 0 Å². The fourth-order valence-electron chi connectivity index (χ4n) is 2.37. The summed E-state index contributed by atoms with van der Waals surface area (Å²) in [6.45, 7) is -0.173. The first-order chi connectivity index (χ1) is 8.88. The van der Waals surface area contributed by atoms with E-state index in [0.717, 1.165) is 5.56 Å². The van der Waals surface area contributed by atoms with Crippen LogP contribution in [0, 0.1) is 16.0 Å². The normalized spacial score (nSPS) is 24.6. The van der Waals surface area contributed by atoms with Crippen LogP contribution in [0.3, 0.4) is 0 Å². The van der Waals surface area contributed by atoms with Crippen LogP contribution in [0.25, 0.3) is 0 Å². The number of nitrogens with zero attached hydrogens (tertiary/aromatic N) is 2. The Hall–Kier alpha value is -1.63. The number of alkyl halides is 3. The Labute approximate surface area is 108 Å². The summed E-state index contributed by atoms with van der Waals surface area (Å²) in [4.78, 5) is 11.4. The van der Waals surface area contributed by atoms with Crippen molar-refractivity contribution in [2.45, 2.75) is 18.8 Å². The van der Waals surface area contributed by atoms with Gasteiger partial charge in [0.2, 0.25) is 6.04 Å². The molecule has 2 rings (SSSR count). The zero-order chi connectivity index (χ0) is 14.0. The van der Waals surface area contributed by atoms with Crippen molar-refractivity contribution in [3.63, 3.8) is 0 Å². The lowest BCUT2D eigenvalue weighted by Gasteiger charge is -2.16. The summed E-state index contributed by atoms with van der Waals surface area (Å²) >= 11 is 0. The molecule has 1 aliphatic rings. The number of likely N-dealkylation sites (tertiary alicyclic amines) is 1. The molecule has 0 unspecified atom stereocenters. The number of hydrogen-bond donors (Lipinski definition) is 0. The Morgan fingerprint density at radius 3 is 2.37 bits per heavy atom. The van der Waals surface area contributed by atoms with Gasteiger partial charge in [-0.05, 0) is 5.56 Å². The Balaban J connectivity index is 2.08. The largest absolute Gasteiger partial charge is 0.399 e. The van der Waals surface area contributed by atoms with Crippen LogP contribution in [0.4, 0.5) is 13.2 Å². The van der Waals surface area contributed by atoms with E-state index in [-0.39, 0.29) is 13.1 Å². The molecule has 0 aromatic heterocycles. The fourth-order valence-corrected chi connectivity index (χ4v) is 2.37. The maximum absolute atomic E-state index is 12.8. The molecule has 1 fully saturated rings. The number of benzene rings is 1. The van der Waals surface area contributed by atoms with Crippen LogP contribution < -0.4 is 0 Å². The third kappa shape index (κ3) is 3.23. The zero-order valence-electron chi connectivity index (χ0n) is 10.0. The van der Waals surface area contributed by atoms with Gasteiger partial charge >= 0.3 is 6.18 Å². The molecule has 104 valence electrons. The third-order valence-corrected chi connectivity index (χ3v) is 3.30. The molecular weight excluding hydrogens is 261 g/mol. The van der Waals surface area contributed by atoms with Crippen LogP contribution in [0.15, 0.2) is 30.3 Å². The number of rotatable bonds is 3. The molecule has 0 amide bonds. The summed E-state index contributed by atoms with van der Waals surface area (Å²) in [5.41, 5.74) is 0.854. The lowest BCUT2D eigenvalue weighted by atomic mass is 10.0. The van der Waals surface area contributed by atoms with E-state index >= 15 is 0 Å². The molecule has 0 N–H and O–H groups in total. The minimum Gasteiger partial charge on any atom is -0.292 e. The Kier molecular flexibility index (Phi) is 3.75. The minimum absolute atomic E-state index is 0.161. The van der Waals surface area contributed by atoms with Gasteiger partial charge in [0.25, 0.3) is 0 Å². The number of nitro groups is 1. The molecule has 0 spiro atoms. The average molecular weight is 274 g/mol. The van der Waals surface area contributed by atoms with E-state index in [1.807, 2.05) is 6.07 Å². The molecule has 0 bridgehead atoms. The lowest BCUT2D eigenvalue weighted by Crippen LogP contribution is -2.37. The van der Waals surface area contributed by atoms with Gasteiger partial charge in [-0.15, -0.1) is 0 Å². The van der Waals surface area contributed by atoms with Gasteiger partial charge in [-0.3, -0.25) is 15.0 Å². The van der Waals surface area contributed by atoms with Crippen molar-refractivity contribution < 1.29 is 18.1 Å². The first-order valence-electron chi connectivity index (χ1n) is 5.84. The average Bonchev–Trinajstić information content (AvgIpc) is 2.74. The highest BCUT2D eigenvalue weighted by molar-refractivity contribution is 5.14. The van der Waals surface area contributed by atoms with Crippen molar-refractivity contribution in [1.29, 1.82) is 0 Å². The summed E-state index contributed by atoms with van der Waals surface area (Å²) in [7, 11) is 0. The van der Waals surface area contributed by atoms with Gasteiger partial charge in [0, 0.05) is 18.0 Å². The minimum atomic E-state index is -4.52. The maximum atomic E-state index is 12.8. The molecule has 0 aliphatic carbocycles. The molecule has 0 saturated carbocycles. The second-order valence-electron chi connectivity index (χ2n) is 4.68. The van der Waals surface area contributed by atoms with Crippen LogP contribution in [0.5, 0.6) is 0 Å². The van der Waals surface area contributed by atoms with Gasteiger partial charge in [-0.25, -0.2) is 0 Å². The Morgan fingerprint density at radius 1 is 1.26 bits per heavy atom. The molecular formula is C12H13F3N2O2. The van der Waals surface area contributed by atoms with Crippen LogP contribution in [-0.4, -0.2) is 35.1 Å². The van der Waals surface area contributed by atoms with Gasteiger partial charge in [0.05, 0.1) is 6.54 Å². The predicted octanol–water partition coefficient (Wildman–Crippen LogP) is 2.33. The van der Waals surface area contributed by atoms with E-state index < -0.39 is 23.1 Å². The van der Waals surface area contributed by atoms with Crippen LogP contribution >= 0.6 is 0 Å². The van der Waals surface area contributed by atoms with Crippen LogP contribution in [-0.2, 0) is 6.54 Å². The van der Waals surface area contributed by atoms with E-state index in [1.165, 1.54) is 4.90 Å². The van der Waals surface area contributed by atoms with E-state index in [9.17, 15) is 23.3 Å². The van der Waals surface area contributed by atoms with Crippen LogP contribution in [0.1, 0.15) is 5.56 Å². The van der Waals surface area contributed by atoms with Crippen LogP contribution in [0.2, 0.25) is 0 Å². The Morgan fingerprint density at radius 2 is 1.89 bits per heavy atom.